The van der Waals surface area contributed by atoms with Crippen LogP contribution in [-0.4, -0.2) is 116 Å². The highest BCUT2D eigenvalue weighted by molar-refractivity contribution is 7.61. The first-order valence-electron chi connectivity index (χ1n) is 13.2. The third-order valence-electron chi connectivity index (χ3n) is 7.14. The molecule has 0 radical (unpaired) electrons. The van der Waals surface area contributed by atoms with Crippen LogP contribution in [0.1, 0.15) is 12.6 Å². The van der Waals surface area contributed by atoms with Crippen LogP contribution in [0.4, 0.5) is 5.82 Å². The van der Waals surface area contributed by atoms with E-state index in [0.717, 1.165) is 17.2 Å². The second-order valence-electron chi connectivity index (χ2n) is 10.2. The molecule has 2 fully saturated rings. The standard InChI is InChI=1S/C21H28N8O16P2/c22-16-11-18(25-7-24-16)29(8-26-11)20-14(32)15(33)21(43-20,44-27-35)6-41-47(38,39)45-46(36,37)40-5-10-12(30)13(31)19(42-10)28-3-1-2-9(4-28)17(23)34/h1,3-4,7-8,10,12-15,19-20,30-33H,2,5-6H2,(H2,23,34)(H,36,37)(H,38,39)(H2,22,24,25)/t10-,12-,13-,14-,15+,19-,20-,21-/m1/s1. The molecule has 3 aliphatic heterocycles. The fourth-order valence-corrected chi connectivity index (χ4v) is 6.95. The molecular weight excluding hydrogens is 682 g/mol. The van der Waals surface area contributed by atoms with Crippen molar-refractivity contribution in [1.82, 2.24) is 24.4 Å². The van der Waals surface area contributed by atoms with Crippen molar-refractivity contribution in [2.75, 3.05) is 18.9 Å². The highest BCUT2D eigenvalue weighted by Gasteiger charge is 2.60. The van der Waals surface area contributed by atoms with E-state index in [0.29, 0.717) is 0 Å². The Kier molecular flexibility index (Phi) is 9.79. The van der Waals surface area contributed by atoms with Crippen LogP contribution in [0.25, 0.3) is 11.2 Å². The van der Waals surface area contributed by atoms with Crippen molar-refractivity contribution >= 4 is 38.5 Å². The third kappa shape index (κ3) is 7.05. The number of nitrogens with zero attached hydrogens (tertiary/aromatic N) is 6. The highest BCUT2D eigenvalue weighted by Crippen LogP contribution is 2.61. The number of nitrogen functional groups attached to an aromatic ring is 1. The summed E-state index contributed by atoms with van der Waals surface area (Å²) in [7, 11) is -11.2. The summed E-state index contributed by atoms with van der Waals surface area (Å²) in [5.74, 6) is -3.57. The van der Waals surface area contributed by atoms with Crippen LogP contribution in [0.3, 0.4) is 0 Å². The molecule has 3 aliphatic rings. The number of nitrogens with two attached hydrogens (primary N) is 2. The Morgan fingerprint density at radius 2 is 1.81 bits per heavy atom. The summed E-state index contributed by atoms with van der Waals surface area (Å²) in [5.41, 5.74) is 11.3. The van der Waals surface area contributed by atoms with Crippen LogP contribution in [0.2, 0.25) is 0 Å². The molecule has 2 unspecified atom stereocenters. The largest absolute Gasteiger partial charge is 0.481 e. The molecule has 24 nitrogen and oxygen atoms in total. The van der Waals surface area contributed by atoms with Gasteiger partial charge >= 0.3 is 15.6 Å². The van der Waals surface area contributed by atoms with Gasteiger partial charge in [-0.25, -0.2) is 24.1 Å². The number of aromatic nitrogens is 4. The van der Waals surface area contributed by atoms with Crippen LogP contribution >= 0.6 is 15.6 Å². The molecular formula is C21H28N8O16P2. The molecule has 26 heteroatoms. The highest BCUT2D eigenvalue weighted by atomic mass is 31.3. The first-order chi connectivity index (χ1) is 22.1. The molecule has 47 heavy (non-hydrogen) atoms. The van der Waals surface area contributed by atoms with Gasteiger partial charge < -0.3 is 60.9 Å². The van der Waals surface area contributed by atoms with E-state index in [1.165, 1.54) is 23.4 Å². The van der Waals surface area contributed by atoms with E-state index in [1.54, 1.807) is 0 Å². The molecule has 2 aromatic heterocycles. The molecule has 258 valence electrons. The minimum atomic E-state index is -5.66. The first kappa shape index (κ1) is 34.8. The molecule has 0 aromatic carbocycles. The number of anilines is 1. The lowest BCUT2D eigenvalue weighted by molar-refractivity contribution is -0.280. The number of hydrogen-bond donors (Lipinski definition) is 8. The van der Waals surface area contributed by atoms with Gasteiger partial charge in [0.2, 0.25) is 5.91 Å². The maximum absolute atomic E-state index is 12.6. The number of amides is 1. The lowest BCUT2D eigenvalue weighted by atomic mass is 10.1. The summed E-state index contributed by atoms with van der Waals surface area (Å²) in [6, 6.07) is 0. The lowest BCUT2D eigenvalue weighted by Crippen LogP contribution is -2.48. The number of phosphoric ester groups is 2. The number of allylic oxidation sites excluding steroid dienone is 1. The predicted octanol–water partition coefficient (Wildman–Crippen LogP) is -2.66. The Labute approximate surface area is 261 Å². The number of phosphoric acid groups is 2. The molecule has 10 atom stereocenters. The molecule has 0 bridgehead atoms. The number of fused-ring (bicyclic) bond motifs is 1. The summed E-state index contributed by atoms with van der Waals surface area (Å²) in [5, 5.41) is 44.3. The van der Waals surface area contributed by atoms with Crippen LogP contribution in [0.15, 0.2) is 42.0 Å². The maximum atomic E-state index is 12.6. The van der Waals surface area contributed by atoms with Crippen molar-refractivity contribution in [3.05, 3.63) is 41.6 Å². The number of carbonyl (C=O) groups is 1. The summed E-state index contributed by atoms with van der Waals surface area (Å²) in [6.07, 6.45) is -5.29. The third-order valence-corrected chi connectivity index (χ3v) is 9.73. The van der Waals surface area contributed by atoms with Crippen molar-refractivity contribution in [2.45, 2.75) is 55.2 Å². The van der Waals surface area contributed by atoms with Crippen molar-refractivity contribution in [2.24, 2.45) is 11.1 Å². The normalized spacial score (nSPS) is 33.4. The molecule has 5 rings (SSSR count). The van der Waals surface area contributed by atoms with Crippen molar-refractivity contribution < 1.29 is 71.8 Å². The van der Waals surface area contributed by atoms with E-state index in [1.807, 2.05) is 0 Å². The Bertz CT molecular complexity index is 1680. The lowest BCUT2D eigenvalue weighted by Gasteiger charge is -2.28. The van der Waals surface area contributed by atoms with E-state index in [9.17, 15) is 49.0 Å². The molecule has 1 amide bonds. The average molecular weight is 710 g/mol. The molecule has 0 spiro atoms. The fraction of sp³-hybridized carbons (Fsp3) is 0.524. The van der Waals surface area contributed by atoms with Crippen molar-refractivity contribution in [3.63, 3.8) is 0 Å². The summed E-state index contributed by atoms with van der Waals surface area (Å²) >= 11 is 0. The zero-order chi connectivity index (χ0) is 34.3. The van der Waals surface area contributed by atoms with E-state index < -0.39 is 83.5 Å². The van der Waals surface area contributed by atoms with Gasteiger partial charge in [-0.2, -0.15) is 4.31 Å². The molecule has 2 saturated heterocycles. The minimum Gasteiger partial charge on any atom is -0.387 e. The van der Waals surface area contributed by atoms with E-state index in [4.69, 9.17) is 20.9 Å². The maximum Gasteiger partial charge on any atom is 0.481 e. The van der Waals surface area contributed by atoms with Gasteiger partial charge in [0.25, 0.3) is 5.79 Å². The van der Waals surface area contributed by atoms with Gasteiger partial charge in [-0.3, -0.25) is 18.4 Å². The second kappa shape index (κ2) is 13.2. The van der Waals surface area contributed by atoms with E-state index >= 15 is 0 Å². The van der Waals surface area contributed by atoms with Gasteiger partial charge in [-0.05, 0) is 6.42 Å². The quantitative estimate of drug-likeness (QED) is 0.0597. The molecule has 0 aliphatic carbocycles. The molecule has 5 heterocycles. The molecule has 10 N–H and O–H groups in total. The van der Waals surface area contributed by atoms with E-state index in [2.05, 4.69) is 38.5 Å². The zero-order valence-electron chi connectivity index (χ0n) is 23.5. The smallest absolute Gasteiger partial charge is 0.387 e. The SMILES string of the molecule is NC(=O)C1=CN([C@@H]2O[C@H](COP(=O)(O)OP(=O)(O)OC[C@]3(ON=O)O[C@@H](n4cnc5c(N)ncnc54)[C@H](O)[C@@H]3O)[C@@H](O)[C@H]2O)C=CC1. The number of aliphatic hydroxyl groups is 4. The number of aliphatic hydroxyl groups excluding tert-OH is 4. The topological polar surface area (TPSA) is 356 Å². The monoisotopic (exact) mass is 710 g/mol. The predicted molar refractivity (Wildman–Crippen MR) is 148 cm³/mol. The van der Waals surface area contributed by atoms with Crippen LogP contribution < -0.4 is 11.5 Å². The van der Waals surface area contributed by atoms with Gasteiger partial charge in [0.05, 0.1) is 12.9 Å². The summed E-state index contributed by atoms with van der Waals surface area (Å²) in [4.78, 5) is 60.2. The fourth-order valence-electron chi connectivity index (χ4n) is 4.85. The van der Waals surface area contributed by atoms with Crippen molar-refractivity contribution in [3.8, 4) is 0 Å². The Hall–Kier alpha value is -3.48. The Morgan fingerprint density at radius 1 is 1.09 bits per heavy atom. The Balaban J connectivity index is 1.22. The number of hydrogen-bond acceptors (Lipinski definition) is 20. The van der Waals surface area contributed by atoms with Crippen LogP contribution in [0, 0.1) is 4.91 Å². The summed E-state index contributed by atoms with van der Waals surface area (Å²) < 4.78 is 50.7. The van der Waals surface area contributed by atoms with Crippen molar-refractivity contribution in [1.29, 1.82) is 0 Å². The number of primary amides is 1. The summed E-state index contributed by atoms with van der Waals surface area (Å²) in [6.45, 7) is -2.38. The van der Waals surface area contributed by atoms with Gasteiger partial charge in [0.1, 0.15) is 42.9 Å². The van der Waals surface area contributed by atoms with Crippen LogP contribution in [0.5, 0.6) is 0 Å². The average Bonchev–Trinajstić information content (AvgIpc) is 3.64. The van der Waals surface area contributed by atoms with Crippen LogP contribution in [-0.2, 0) is 41.6 Å². The number of carbonyl (C=O) groups excluding carboxylic acids is 1. The number of rotatable bonds is 13. The number of imidazole rings is 1. The molecule has 0 saturated carbocycles. The molecule has 2 aromatic rings. The minimum absolute atomic E-state index is 0.00790. The van der Waals surface area contributed by atoms with Gasteiger partial charge in [-0.1, -0.05) is 6.08 Å². The van der Waals surface area contributed by atoms with E-state index in [-0.39, 0.29) is 29.0 Å². The van der Waals surface area contributed by atoms with Gasteiger partial charge in [-0.15, -0.1) is 4.91 Å². The first-order valence-corrected chi connectivity index (χ1v) is 16.2. The zero-order valence-corrected chi connectivity index (χ0v) is 25.3. The number of ether oxygens (including phenoxy) is 2. The van der Waals surface area contributed by atoms with Gasteiger partial charge in [0.15, 0.2) is 35.4 Å². The van der Waals surface area contributed by atoms with Gasteiger partial charge in [0, 0.05) is 18.0 Å². The second-order valence-corrected chi connectivity index (χ2v) is 13.2. The Morgan fingerprint density at radius 3 is 2.51 bits per heavy atom.